The van der Waals surface area contributed by atoms with Crippen LogP contribution in [-0.4, -0.2) is 45.8 Å². The fourth-order valence-electron chi connectivity index (χ4n) is 3.52. The maximum atomic E-state index is 12.7. The SMILES string of the molecule is COC[C@H]1CN(C(=O)Cc2ccccn2)Cc2cn(CC3CC3)nc21. The average molecular weight is 340 g/mol. The quantitative estimate of drug-likeness (QED) is 0.807. The van der Waals surface area contributed by atoms with Gasteiger partial charge < -0.3 is 9.64 Å². The van der Waals surface area contributed by atoms with E-state index in [-0.39, 0.29) is 11.8 Å². The van der Waals surface area contributed by atoms with Crippen LogP contribution >= 0.6 is 0 Å². The highest BCUT2D eigenvalue weighted by molar-refractivity contribution is 5.78. The fraction of sp³-hybridized carbons (Fsp3) is 0.526. The minimum atomic E-state index is 0.111. The molecule has 1 aliphatic heterocycles. The van der Waals surface area contributed by atoms with Gasteiger partial charge >= 0.3 is 0 Å². The second-order valence-electron chi connectivity index (χ2n) is 7.13. The molecule has 2 aromatic heterocycles. The maximum absolute atomic E-state index is 12.7. The van der Waals surface area contributed by atoms with Gasteiger partial charge in [0, 0.05) is 56.3 Å². The van der Waals surface area contributed by atoms with E-state index in [0.717, 1.165) is 29.4 Å². The van der Waals surface area contributed by atoms with Crippen molar-refractivity contribution in [3.63, 3.8) is 0 Å². The van der Waals surface area contributed by atoms with E-state index in [2.05, 4.69) is 15.9 Å². The van der Waals surface area contributed by atoms with Gasteiger partial charge in [-0.05, 0) is 30.9 Å². The number of ether oxygens (including phenoxy) is 1. The maximum Gasteiger partial charge on any atom is 0.228 e. The molecule has 0 N–H and O–H groups in total. The van der Waals surface area contributed by atoms with Crippen molar-refractivity contribution < 1.29 is 9.53 Å². The molecule has 0 radical (unpaired) electrons. The molecule has 0 saturated heterocycles. The predicted octanol–water partition coefficient (Wildman–Crippen LogP) is 2.00. The van der Waals surface area contributed by atoms with Crippen molar-refractivity contribution in [3.05, 3.63) is 47.5 Å². The molecule has 1 atom stereocenters. The number of carbonyl (C=O) groups excluding carboxylic acids is 1. The van der Waals surface area contributed by atoms with E-state index in [1.807, 2.05) is 23.1 Å². The lowest BCUT2D eigenvalue weighted by Crippen LogP contribution is -2.40. The molecule has 2 aromatic rings. The molecule has 1 fully saturated rings. The third-order valence-corrected chi connectivity index (χ3v) is 4.98. The first-order valence-electron chi connectivity index (χ1n) is 8.95. The Bertz CT molecular complexity index is 739. The van der Waals surface area contributed by atoms with Crippen molar-refractivity contribution in [1.29, 1.82) is 0 Å². The smallest absolute Gasteiger partial charge is 0.228 e. The first-order valence-corrected chi connectivity index (χ1v) is 8.95. The lowest BCUT2D eigenvalue weighted by atomic mass is 9.97. The molecule has 6 nitrogen and oxygen atoms in total. The molecule has 0 aromatic carbocycles. The van der Waals surface area contributed by atoms with Crippen LogP contribution in [0.4, 0.5) is 0 Å². The summed E-state index contributed by atoms with van der Waals surface area (Å²) < 4.78 is 7.45. The lowest BCUT2D eigenvalue weighted by molar-refractivity contribution is -0.132. The lowest BCUT2D eigenvalue weighted by Gasteiger charge is -2.31. The van der Waals surface area contributed by atoms with Crippen molar-refractivity contribution >= 4 is 5.91 Å². The second-order valence-corrected chi connectivity index (χ2v) is 7.13. The van der Waals surface area contributed by atoms with Gasteiger partial charge in [0.25, 0.3) is 0 Å². The van der Waals surface area contributed by atoms with Gasteiger partial charge in [-0.2, -0.15) is 5.10 Å². The zero-order valence-corrected chi connectivity index (χ0v) is 14.6. The highest BCUT2D eigenvalue weighted by Crippen LogP contribution is 2.32. The van der Waals surface area contributed by atoms with Crippen molar-refractivity contribution in [2.24, 2.45) is 5.92 Å². The van der Waals surface area contributed by atoms with Gasteiger partial charge in [-0.3, -0.25) is 14.5 Å². The summed E-state index contributed by atoms with van der Waals surface area (Å²) in [6, 6.07) is 5.68. The Morgan fingerprint density at radius 2 is 2.24 bits per heavy atom. The molecule has 3 heterocycles. The molecule has 25 heavy (non-hydrogen) atoms. The Morgan fingerprint density at radius 3 is 2.96 bits per heavy atom. The van der Waals surface area contributed by atoms with Crippen molar-refractivity contribution in [3.8, 4) is 0 Å². The van der Waals surface area contributed by atoms with Gasteiger partial charge in [-0.25, -0.2) is 0 Å². The Kier molecular flexibility index (Phi) is 4.53. The summed E-state index contributed by atoms with van der Waals surface area (Å²) in [5.74, 6) is 1.03. The summed E-state index contributed by atoms with van der Waals surface area (Å²) in [6.07, 6.45) is 6.80. The van der Waals surface area contributed by atoms with Crippen LogP contribution in [0.1, 0.15) is 35.7 Å². The van der Waals surface area contributed by atoms with E-state index in [0.29, 0.717) is 26.1 Å². The van der Waals surface area contributed by atoms with Crippen LogP contribution in [0.3, 0.4) is 0 Å². The highest BCUT2D eigenvalue weighted by atomic mass is 16.5. The zero-order chi connectivity index (χ0) is 17.2. The van der Waals surface area contributed by atoms with Gasteiger partial charge in [0.15, 0.2) is 0 Å². The number of aromatic nitrogens is 3. The van der Waals surface area contributed by atoms with Crippen LogP contribution in [-0.2, 0) is 29.0 Å². The molecular weight excluding hydrogens is 316 g/mol. The minimum Gasteiger partial charge on any atom is -0.384 e. The summed E-state index contributed by atoms with van der Waals surface area (Å²) in [6.45, 7) is 2.87. The Morgan fingerprint density at radius 1 is 1.36 bits per heavy atom. The van der Waals surface area contributed by atoms with Crippen LogP contribution in [0.15, 0.2) is 30.6 Å². The summed E-state index contributed by atoms with van der Waals surface area (Å²) in [5.41, 5.74) is 3.07. The number of hydrogen-bond donors (Lipinski definition) is 0. The van der Waals surface area contributed by atoms with E-state index in [4.69, 9.17) is 9.84 Å². The van der Waals surface area contributed by atoms with Gasteiger partial charge in [0.05, 0.1) is 18.7 Å². The number of methoxy groups -OCH3 is 1. The molecule has 1 aliphatic carbocycles. The predicted molar refractivity (Wildman–Crippen MR) is 92.9 cm³/mol. The second kappa shape index (κ2) is 6.96. The monoisotopic (exact) mass is 340 g/mol. The zero-order valence-electron chi connectivity index (χ0n) is 14.6. The van der Waals surface area contributed by atoms with Crippen LogP contribution in [0, 0.1) is 5.92 Å². The number of pyridine rings is 1. The molecule has 132 valence electrons. The van der Waals surface area contributed by atoms with E-state index in [1.165, 1.54) is 12.8 Å². The molecule has 0 unspecified atom stereocenters. The standard InChI is InChI=1S/C19H24N4O2/c1-25-13-16-11-22(18(24)8-17-4-2-3-7-20-17)10-15-12-23(21-19(15)16)9-14-5-6-14/h2-4,7,12,14,16H,5-6,8-11,13H2,1H3/t16-/m1/s1. The van der Waals surface area contributed by atoms with E-state index < -0.39 is 0 Å². The summed E-state index contributed by atoms with van der Waals surface area (Å²) in [4.78, 5) is 18.9. The van der Waals surface area contributed by atoms with Crippen molar-refractivity contribution in [2.75, 3.05) is 20.3 Å². The van der Waals surface area contributed by atoms with Crippen molar-refractivity contribution in [1.82, 2.24) is 19.7 Å². The average Bonchev–Trinajstić information content (AvgIpc) is 3.32. The largest absolute Gasteiger partial charge is 0.384 e. The Labute approximate surface area is 147 Å². The number of fused-ring (bicyclic) bond motifs is 1. The third-order valence-electron chi connectivity index (χ3n) is 4.98. The molecule has 4 rings (SSSR count). The first-order chi connectivity index (χ1) is 12.2. The Balaban J connectivity index is 1.50. The van der Waals surface area contributed by atoms with E-state index in [1.54, 1.807) is 13.3 Å². The number of hydrogen-bond acceptors (Lipinski definition) is 4. The normalized spacial score (nSPS) is 19.7. The Hall–Kier alpha value is -2.21. The molecule has 1 amide bonds. The summed E-state index contributed by atoms with van der Waals surface area (Å²) in [5, 5.41) is 4.80. The molecule has 6 heteroatoms. The highest BCUT2D eigenvalue weighted by Gasteiger charge is 2.32. The summed E-state index contributed by atoms with van der Waals surface area (Å²) >= 11 is 0. The summed E-state index contributed by atoms with van der Waals surface area (Å²) in [7, 11) is 1.70. The topological polar surface area (TPSA) is 60.2 Å². The third kappa shape index (κ3) is 3.74. The fourth-order valence-corrected chi connectivity index (χ4v) is 3.52. The molecule has 0 bridgehead atoms. The molecular formula is C19H24N4O2. The van der Waals surface area contributed by atoms with E-state index >= 15 is 0 Å². The van der Waals surface area contributed by atoms with Gasteiger partial charge in [-0.15, -0.1) is 0 Å². The number of carbonyl (C=O) groups is 1. The van der Waals surface area contributed by atoms with Gasteiger partial charge in [0.2, 0.25) is 5.91 Å². The minimum absolute atomic E-state index is 0.111. The number of nitrogens with zero attached hydrogens (tertiary/aromatic N) is 4. The van der Waals surface area contributed by atoms with Crippen LogP contribution in [0.5, 0.6) is 0 Å². The molecule has 2 aliphatic rings. The van der Waals surface area contributed by atoms with Crippen LogP contribution < -0.4 is 0 Å². The van der Waals surface area contributed by atoms with Gasteiger partial charge in [0.1, 0.15) is 0 Å². The molecule has 0 spiro atoms. The van der Waals surface area contributed by atoms with Crippen molar-refractivity contribution in [2.45, 2.75) is 38.3 Å². The number of amides is 1. The van der Waals surface area contributed by atoms with Crippen LogP contribution in [0.2, 0.25) is 0 Å². The first kappa shape index (κ1) is 16.3. The number of rotatable bonds is 6. The van der Waals surface area contributed by atoms with Gasteiger partial charge in [-0.1, -0.05) is 6.07 Å². The molecule has 1 saturated carbocycles. The van der Waals surface area contributed by atoms with E-state index in [9.17, 15) is 4.79 Å². The van der Waals surface area contributed by atoms with Crippen LogP contribution in [0.25, 0.3) is 0 Å².